The molecule has 0 aromatic rings. The summed E-state index contributed by atoms with van der Waals surface area (Å²) in [7, 11) is 0. The van der Waals surface area contributed by atoms with E-state index in [0.717, 1.165) is 11.8 Å². The zero-order valence-corrected chi connectivity index (χ0v) is 8.25. The number of carbonyl (C=O) groups is 1. The largest absolute Gasteiger partial charge is 0.288 e. The molecule has 13 heavy (non-hydrogen) atoms. The first-order valence-electron chi connectivity index (χ1n) is 4.05. The van der Waals surface area contributed by atoms with Gasteiger partial charge >= 0.3 is 0 Å². The molecule has 0 amide bonds. The van der Waals surface area contributed by atoms with Crippen LogP contribution in [-0.4, -0.2) is 29.9 Å². The minimum Gasteiger partial charge on any atom is -0.288 e. The highest BCUT2D eigenvalue weighted by atomic mass is 32.2. The summed E-state index contributed by atoms with van der Waals surface area (Å²) in [4.78, 5) is 10.4. The summed E-state index contributed by atoms with van der Waals surface area (Å²) in [6.45, 7) is 0.137. The van der Waals surface area contributed by atoms with Gasteiger partial charge in [0.1, 0.15) is 12.8 Å². The Bertz CT molecular complexity index is 154. The van der Waals surface area contributed by atoms with Gasteiger partial charge in [0, 0.05) is 12.7 Å². The summed E-state index contributed by atoms with van der Waals surface area (Å²) in [5.41, 5.74) is 0. The van der Waals surface area contributed by atoms with E-state index in [2.05, 4.69) is 0 Å². The molecule has 5 heteroatoms. The minimum absolute atomic E-state index is 0.0225. The zero-order chi connectivity index (χ0) is 10.3. The van der Waals surface area contributed by atoms with Crippen LogP contribution in [0.25, 0.3) is 0 Å². The predicted octanol–water partition coefficient (Wildman–Crippen LogP) is 2.69. The van der Waals surface area contributed by atoms with E-state index in [9.17, 15) is 18.0 Å². The minimum atomic E-state index is -2.01. The average molecular weight is 214 g/mol. The number of hydrogen-bond acceptors (Lipinski definition) is 2. The number of carbonyl (C=O) groups excluding carboxylic acids is 1. The van der Waals surface area contributed by atoms with E-state index in [1.807, 2.05) is 0 Å². The lowest BCUT2D eigenvalue weighted by Crippen LogP contribution is -2.19. The van der Waals surface area contributed by atoms with Crippen LogP contribution in [0.4, 0.5) is 13.2 Å². The summed E-state index contributed by atoms with van der Waals surface area (Å²) < 4.78 is 36.5. The summed E-state index contributed by atoms with van der Waals surface area (Å²) in [5, 5.41) is -0.0438. The van der Waals surface area contributed by atoms with E-state index in [0.29, 0.717) is 12.2 Å². The predicted molar refractivity (Wildman–Crippen MR) is 48.1 cm³/mol. The zero-order valence-electron chi connectivity index (χ0n) is 7.43. The van der Waals surface area contributed by atoms with E-state index < -0.39 is 19.0 Å². The van der Waals surface area contributed by atoms with Crippen molar-refractivity contribution >= 4 is 16.9 Å². The molecule has 0 radical (unpaired) electrons. The highest BCUT2D eigenvalue weighted by molar-refractivity contribution is 8.13. The van der Waals surface area contributed by atoms with Crippen LogP contribution >= 0.6 is 11.8 Å². The molecule has 0 saturated heterocycles. The Kier molecular flexibility index (Phi) is 7.13. The molecule has 1 nitrogen and oxygen atoms in total. The summed E-state index contributed by atoms with van der Waals surface area (Å²) in [6.07, 6.45) is -3.38. The third kappa shape index (κ3) is 6.93. The molecule has 0 fully saturated rings. The molecular formula is C8H13F3OS. The van der Waals surface area contributed by atoms with Crippen molar-refractivity contribution in [1.29, 1.82) is 0 Å². The third-order valence-electron chi connectivity index (χ3n) is 1.47. The summed E-state index contributed by atoms with van der Waals surface area (Å²) in [6, 6.07) is 0. The maximum atomic E-state index is 12.6. The SMILES string of the molecule is CC(=O)SCCCC(F)C(F)CF. The van der Waals surface area contributed by atoms with E-state index in [4.69, 9.17) is 0 Å². The van der Waals surface area contributed by atoms with Crippen LogP contribution in [0, 0.1) is 0 Å². The van der Waals surface area contributed by atoms with Gasteiger partial charge in [-0.05, 0) is 12.8 Å². The van der Waals surface area contributed by atoms with Gasteiger partial charge in [0.25, 0.3) is 0 Å². The Hall–Kier alpha value is -0.190. The van der Waals surface area contributed by atoms with Crippen LogP contribution < -0.4 is 0 Å². The monoisotopic (exact) mass is 214 g/mol. The fourth-order valence-corrected chi connectivity index (χ4v) is 1.37. The maximum Gasteiger partial charge on any atom is 0.185 e. The van der Waals surface area contributed by atoms with Crippen LogP contribution in [0.5, 0.6) is 0 Å². The van der Waals surface area contributed by atoms with E-state index >= 15 is 0 Å². The highest BCUT2D eigenvalue weighted by Gasteiger charge is 2.19. The van der Waals surface area contributed by atoms with Crippen LogP contribution in [0.2, 0.25) is 0 Å². The molecule has 0 N–H and O–H groups in total. The summed E-state index contributed by atoms with van der Waals surface area (Å²) in [5.74, 6) is 0.467. The van der Waals surface area contributed by atoms with Gasteiger partial charge in [-0.3, -0.25) is 4.79 Å². The van der Waals surface area contributed by atoms with Crippen LogP contribution in [0.1, 0.15) is 19.8 Å². The van der Waals surface area contributed by atoms with Gasteiger partial charge < -0.3 is 0 Å². The first kappa shape index (κ1) is 12.8. The normalized spacial score (nSPS) is 15.4. The molecule has 0 aliphatic rings. The Balaban J connectivity index is 3.36. The molecule has 0 aliphatic carbocycles. The van der Waals surface area contributed by atoms with Gasteiger partial charge in [-0.1, -0.05) is 11.8 Å². The van der Waals surface area contributed by atoms with E-state index in [-0.39, 0.29) is 11.5 Å². The summed E-state index contributed by atoms with van der Waals surface area (Å²) >= 11 is 1.07. The molecule has 2 atom stereocenters. The van der Waals surface area contributed by atoms with E-state index in [1.54, 1.807) is 0 Å². The third-order valence-corrected chi connectivity index (χ3v) is 2.37. The molecule has 0 aromatic heterocycles. The first-order valence-corrected chi connectivity index (χ1v) is 5.04. The smallest absolute Gasteiger partial charge is 0.185 e. The Labute approximate surface area is 80.1 Å². The molecule has 78 valence electrons. The number of thioether (sulfide) groups is 1. The Morgan fingerprint density at radius 2 is 2.00 bits per heavy atom. The van der Waals surface area contributed by atoms with Crippen molar-refractivity contribution in [2.24, 2.45) is 0 Å². The Morgan fingerprint density at radius 3 is 2.46 bits per heavy atom. The second-order valence-corrected chi connectivity index (χ2v) is 3.94. The topological polar surface area (TPSA) is 17.1 Å². The van der Waals surface area contributed by atoms with Crippen molar-refractivity contribution in [3.05, 3.63) is 0 Å². The lowest BCUT2D eigenvalue weighted by molar-refractivity contribution is -0.109. The number of alkyl halides is 3. The Morgan fingerprint density at radius 1 is 1.38 bits per heavy atom. The van der Waals surface area contributed by atoms with Crippen LogP contribution in [0.15, 0.2) is 0 Å². The van der Waals surface area contributed by atoms with Crippen molar-refractivity contribution < 1.29 is 18.0 Å². The van der Waals surface area contributed by atoms with E-state index in [1.165, 1.54) is 6.92 Å². The average Bonchev–Trinajstić information content (AvgIpc) is 2.10. The quantitative estimate of drug-likeness (QED) is 0.632. The lowest BCUT2D eigenvalue weighted by atomic mass is 10.1. The fraction of sp³-hybridized carbons (Fsp3) is 0.875. The molecule has 0 heterocycles. The van der Waals surface area contributed by atoms with Gasteiger partial charge in [0.2, 0.25) is 0 Å². The second-order valence-electron chi connectivity index (χ2n) is 2.67. The molecule has 0 aromatic carbocycles. The molecule has 0 aliphatic heterocycles. The van der Waals surface area contributed by atoms with Crippen molar-refractivity contribution in [3.8, 4) is 0 Å². The highest BCUT2D eigenvalue weighted by Crippen LogP contribution is 2.14. The van der Waals surface area contributed by atoms with Gasteiger partial charge in [0.15, 0.2) is 11.3 Å². The van der Waals surface area contributed by atoms with Gasteiger partial charge in [0.05, 0.1) is 0 Å². The van der Waals surface area contributed by atoms with Crippen molar-refractivity contribution in [1.82, 2.24) is 0 Å². The maximum absolute atomic E-state index is 12.6. The number of hydrogen-bond donors (Lipinski definition) is 0. The van der Waals surface area contributed by atoms with Crippen molar-refractivity contribution in [2.75, 3.05) is 12.4 Å². The molecule has 0 saturated carbocycles. The van der Waals surface area contributed by atoms with Gasteiger partial charge in [-0.2, -0.15) is 0 Å². The van der Waals surface area contributed by atoms with Crippen molar-refractivity contribution in [3.63, 3.8) is 0 Å². The molecule has 0 bridgehead atoms. The van der Waals surface area contributed by atoms with Gasteiger partial charge in [-0.15, -0.1) is 0 Å². The number of halogens is 3. The lowest BCUT2D eigenvalue weighted by Gasteiger charge is -2.08. The molecule has 2 unspecified atom stereocenters. The second kappa shape index (κ2) is 7.24. The standard InChI is InChI=1S/C8H13F3OS/c1-6(12)13-4-2-3-7(10)8(11)5-9/h7-8H,2-5H2,1H3. The van der Waals surface area contributed by atoms with Crippen LogP contribution in [-0.2, 0) is 4.79 Å². The molecule has 0 rings (SSSR count). The van der Waals surface area contributed by atoms with Crippen molar-refractivity contribution in [2.45, 2.75) is 32.1 Å². The first-order chi connectivity index (χ1) is 6.07. The van der Waals surface area contributed by atoms with Crippen LogP contribution in [0.3, 0.4) is 0 Å². The molecular weight excluding hydrogens is 201 g/mol. The fourth-order valence-electron chi connectivity index (χ4n) is 0.772. The number of rotatable bonds is 6. The van der Waals surface area contributed by atoms with Gasteiger partial charge in [-0.25, -0.2) is 13.2 Å². The molecule has 0 spiro atoms.